The van der Waals surface area contributed by atoms with Crippen LogP contribution >= 0.6 is 22.9 Å². The van der Waals surface area contributed by atoms with Crippen LogP contribution in [-0.2, 0) is 6.42 Å². The molecular weight excluding hydrogens is 324 g/mol. The Balaban J connectivity index is 1.90. The molecule has 0 fully saturated rings. The lowest BCUT2D eigenvalue weighted by atomic mass is 10.1. The van der Waals surface area contributed by atoms with Gasteiger partial charge in [0.05, 0.1) is 15.1 Å². The number of aromatic nitrogens is 1. The monoisotopic (exact) mass is 332 g/mol. The average Bonchev–Trinajstić information content (AvgIpc) is 2.93. The molecule has 110 valence electrons. The maximum Gasteiger partial charge on any atom is 0.269 e. The molecule has 7 heteroatoms. The van der Waals surface area contributed by atoms with Gasteiger partial charge in [0, 0.05) is 23.6 Å². The molecule has 0 N–H and O–H groups in total. The number of ketones is 1. The minimum Gasteiger partial charge on any atom is -0.291 e. The van der Waals surface area contributed by atoms with E-state index in [1.807, 2.05) is 24.3 Å². The topological polar surface area (TPSA) is 73.1 Å². The summed E-state index contributed by atoms with van der Waals surface area (Å²) in [6.45, 7) is 0. The zero-order chi connectivity index (χ0) is 15.7. The van der Waals surface area contributed by atoms with Gasteiger partial charge in [0.2, 0.25) is 0 Å². The summed E-state index contributed by atoms with van der Waals surface area (Å²) in [6.07, 6.45) is -0.0136. The van der Waals surface area contributed by atoms with Gasteiger partial charge < -0.3 is 0 Å². The van der Waals surface area contributed by atoms with Crippen molar-refractivity contribution >= 4 is 44.6 Å². The predicted molar refractivity (Wildman–Crippen MR) is 85.8 cm³/mol. The minimum atomic E-state index is -0.512. The SMILES string of the molecule is O=C(Cc1cc([N+](=O)[O-])ccc1Cl)c1nc2ccccc2s1. The van der Waals surface area contributed by atoms with Crippen molar-refractivity contribution in [3.8, 4) is 0 Å². The van der Waals surface area contributed by atoms with Crippen LogP contribution in [0.15, 0.2) is 42.5 Å². The van der Waals surface area contributed by atoms with E-state index in [0.29, 0.717) is 15.6 Å². The van der Waals surface area contributed by atoms with E-state index in [1.54, 1.807) is 0 Å². The standard InChI is InChI=1S/C15H9ClN2O3S/c16-11-6-5-10(18(20)21)7-9(11)8-13(19)15-17-12-3-1-2-4-14(12)22-15/h1-7H,8H2. The number of rotatable bonds is 4. The zero-order valence-electron chi connectivity index (χ0n) is 11.2. The third-order valence-electron chi connectivity index (χ3n) is 3.12. The van der Waals surface area contributed by atoms with Crippen LogP contribution in [0.1, 0.15) is 15.4 Å². The van der Waals surface area contributed by atoms with Crippen molar-refractivity contribution in [3.63, 3.8) is 0 Å². The summed E-state index contributed by atoms with van der Waals surface area (Å²) >= 11 is 7.32. The zero-order valence-corrected chi connectivity index (χ0v) is 12.7. The van der Waals surface area contributed by atoms with Crippen LogP contribution in [0.2, 0.25) is 5.02 Å². The van der Waals surface area contributed by atoms with Crippen molar-refractivity contribution in [2.24, 2.45) is 0 Å². The minimum absolute atomic E-state index is 0.0136. The molecule has 5 nitrogen and oxygen atoms in total. The summed E-state index contributed by atoms with van der Waals surface area (Å²) in [4.78, 5) is 26.9. The van der Waals surface area contributed by atoms with E-state index in [9.17, 15) is 14.9 Å². The van der Waals surface area contributed by atoms with E-state index in [-0.39, 0.29) is 17.9 Å². The number of fused-ring (bicyclic) bond motifs is 1. The smallest absolute Gasteiger partial charge is 0.269 e. The normalized spacial score (nSPS) is 10.8. The van der Waals surface area contributed by atoms with E-state index in [4.69, 9.17) is 11.6 Å². The molecule has 0 saturated carbocycles. The van der Waals surface area contributed by atoms with Gasteiger partial charge in [-0.1, -0.05) is 23.7 Å². The second kappa shape index (κ2) is 5.82. The van der Waals surface area contributed by atoms with Gasteiger partial charge in [0.15, 0.2) is 10.8 Å². The molecule has 0 radical (unpaired) electrons. The van der Waals surface area contributed by atoms with E-state index in [0.717, 1.165) is 10.2 Å². The number of benzene rings is 2. The fourth-order valence-electron chi connectivity index (χ4n) is 2.05. The first-order chi connectivity index (χ1) is 10.5. The number of nitrogens with zero attached hydrogens (tertiary/aromatic N) is 2. The van der Waals surface area contributed by atoms with Gasteiger partial charge in [-0.2, -0.15) is 0 Å². The number of hydrogen-bond donors (Lipinski definition) is 0. The first kappa shape index (κ1) is 14.6. The third-order valence-corrected chi connectivity index (χ3v) is 4.57. The van der Waals surface area contributed by atoms with E-state index in [2.05, 4.69) is 4.98 Å². The molecule has 0 aliphatic carbocycles. The van der Waals surface area contributed by atoms with Gasteiger partial charge in [0.1, 0.15) is 0 Å². The summed E-state index contributed by atoms with van der Waals surface area (Å²) in [5, 5.41) is 11.5. The Kier molecular flexibility index (Phi) is 3.87. The molecule has 1 aromatic heterocycles. The second-order valence-corrected chi connectivity index (χ2v) is 6.06. The van der Waals surface area contributed by atoms with Crippen LogP contribution in [0.5, 0.6) is 0 Å². The van der Waals surface area contributed by atoms with Crippen LogP contribution in [-0.4, -0.2) is 15.7 Å². The Morgan fingerprint density at radius 1 is 1.27 bits per heavy atom. The highest BCUT2D eigenvalue weighted by Gasteiger charge is 2.17. The summed E-state index contributed by atoms with van der Waals surface area (Å²) in [6, 6.07) is 11.5. The molecule has 0 aliphatic heterocycles. The first-order valence-electron chi connectivity index (χ1n) is 6.36. The largest absolute Gasteiger partial charge is 0.291 e. The number of non-ortho nitro benzene ring substituents is 1. The number of carbonyl (C=O) groups is 1. The Bertz CT molecular complexity index is 858. The van der Waals surface area contributed by atoms with Crippen molar-refractivity contribution in [1.29, 1.82) is 0 Å². The molecule has 0 unspecified atom stereocenters. The Hall–Kier alpha value is -2.31. The Morgan fingerprint density at radius 3 is 2.77 bits per heavy atom. The first-order valence-corrected chi connectivity index (χ1v) is 7.55. The van der Waals surface area contributed by atoms with Crippen molar-refractivity contribution in [2.45, 2.75) is 6.42 Å². The molecule has 0 bridgehead atoms. The highest BCUT2D eigenvalue weighted by atomic mass is 35.5. The average molecular weight is 333 g/mol. The lowest BCUT2D eigenvalue weighted by Gasteiger charge is -2.02. The number of nitro groups is 1. The molecule has 0 amide bonds. The molecule has 0 aliphatic rings. The molecule has 3 aromatic rings. The number of hydrogen-bond acceptors (Lipinski definition) is 5. The Morgan fingerprint density at radius 2 is 2.05 bits per heavy atom. The lowest BCUT2D eigenvalue weighted by Crippen LogP contribution is -2.04. The highest BCUT2D eigenvalue weighted by molar-refractivity contribution is 7.20. The maximum atomic E-state index is 12.3. The fourth-order valence-corrected chi connectivity index (χ4v) is 3.14. The molecular formula is C15H9ClN2O3S. The molecule has 1 heterocycles. The van der Waals surface area contributed by atoms with Gasteiger partial charge in [0.25, 0.3) is 5.69 Å². The van der Waals surface area contributed by atoms with Crippen molar-refractivity contribution in [2.75, 3.05) is 0 Å². The van der Waals surface area contributed by atoms with Gasteiger partial charge in [-0.05, 0) is 23.8 Å². The van der Waals surface area contributed by atoms with Crippen molar-refractivity contribution in [3.05, 3.63) is 68.2 Å². The number of carbonyl (C=O) groups excluding carboxylic acids is 1. The van der Waals surface area contributed by atoms with Crippen LogP contribution in [0.4, 0.5) is 5.69 Å². The molecule has 22 heavy (non-hydrogen) atoms. The number of halogens is 1. The Labute approximate surface area is 134 Å². The molecule has 0 spiro atoms. The van der Waals surface area contributed by atoms with Crippen molar-refractivity contribution in [1.82, 2.24) is 4.98 Å². The quantitative estimate of drug-likeness (QED) is 0.406. The fraction of sp³-hybridized carbons (Fsp3) is 0.0667. The molecule has 0 saturated heterocycles. The molecule has 0 atom stereocenters. The predicted octanol–water partition coefficient (Wildman–Crippen LogP) is 4.28. The number of para-hydroxylation sites is 1. The van der Waals surface area contributed by atoms with E-state index in [1.165, 1.54) is 29.5 Å². The van der Waals surface area contributed by atoms with Crippen LogP contribution in [0.3, 0.4) is 0 Å². The van der Waals surface area contributed by atoms with Gasteiger partial charge in [-0.25, -0.2) is 4.98 Å². The maximum absolute atomic E-state index is 12.3. The summed E-state index contributed by atoms with van der Waals surface area (Å²) in [5.41, 5.74) is 1.11. The lowest BCUT2D eigenvalue weighted by molar-refractivity contribution is -0.384. The van der Waals surface area contributed by atoms with Gasteiger partial charge >= 0.3 is 0 Å². The van der Waals surface area contributed by atoms with Gasteiger partial charge in [-0.15, -0.1) is 11.3 Å². The molecule has 3 rings (SSSR count). The summed E-state index contributed by atoms with van der Waals surface area (Å²) in [5.74, 6) is -0.205. The molecule has 2 aromatic carbocycles. The third kappa shape index (κ3) is 2.84. The highest BCUT2D eigenvalue weighted by Crippen LogP contribution is 2.26. The van der Waals surface area contributed by atoms with E-state index >= 15 is 0 Å². The number of Topliss-reactive ketones (excluding diaryl/α,β-unsaturated/α-hetero) is 1. The second-order valence-electron chi connectivity index (χ2n) is 4.62. The number of thiazole rings is 1. The summed E-state index contributed by atoms with van der Waals surface area (Å²) < 4.78 is 0.927. The van der Waals surface area contributed by atoms with Crippen LogP contribution < -0.4 is 0 Å². The van der Waals surface area contributed by atoms with Crippen molar-refractivity contribution < 1.29 is 9.72 Å². The summed E-state index contributed by atoms with van der Waals surface area (Å²) in [7, 11) is 0. The number of nitro benzene ring substituents is 1. The van der Waals surface area contributed by atoms with E-state index < -0.39 is 4.92 Å². The van der Waals surface area contributed by atoms with Crippen LogP contribution in [0, 0.1) is 10.1 Å². The van der Waals surface area contributed by atoms with Gasteiger partial charge in [-0.3, -0.25) is 14.9 Å². The van der Waals surface area contributed by atoms with Crippen LogP contribution in [0.25, 0.3) is 10.2 Å².